The summed E-state index contributed by atoms with van der Waals surface area (Å²) in [4.78, 5) is 11.0. The topological polar surface area (TPSA) is 35.5 Å². The predicted octanol–water partition coefficient (Wildman–Crippen LogP) is 2.14. The average molecular weight is 200 g/mol. The standard InChI is InChI=1S/C11H20O3/c1-9(11(12)13-2)14-8-10-6-4-3-5-7-10/h9-10H,3-8H2,1-2H3/t9-/m1/s1. The third-order valence-electron chi connectivity index (χ3n) is 2.84. The van der Waals surface area contributed by atoms with Crippen molar-refractivity contribution in [2.24, 2.45) is 5.92 Å². The second kappa shape index (κ2) is 6.02. The van der Waals surface area contributed by atoms with Gasteiger partial charge in [-0.15, -0.1) is 0 Å². The minimum Gasteiger partial charge on any atom is -0.467 e. The molecule has 82 valence electrons. The summed E-state index contributed by atoms with van der Waals surface area (Å²) in [6, 6.07) is 0. The predicted molar refractivity (Wildman–Crippen MR) is 54.0 cm³/mol. The molecule has 0 heterocycles. The first-order valence-corrected chi connectivity index (χ1v) is 5.43. The second-order valence-electron chi connectivity index (χ2n) is 4.00. The summed E-state index contributed by atoms with van der Waals surface area (Å²) in [6.07, 6.45) is 6.04. The van der Waals surface area contributed by atoms with Crippen molar-refractivity contribution in [2.75, 3.05) is 13.7 Å². The van der Waals surface area contributed by atoms with Crippen molar-refractivity contribution in [3.05, 3.63) is 0 Å². The summed E-state index contributed by atoms with van der Waals surface area (Å²) in [6.45, 7) is 2.45. The molecule has 0 spiro atoms. The van der Waals surface area contributed by atoms with E-state index in [9.17, 15) is 4.79 Å². The van der Waals surface area contributed by atoms with E-state index in [-0.39, 0.29) is 5.97 Å². The minimum absolute atomic E-state index is 0.277. The van der Waals surface area contributed by atoms with Gasteiger partial charge in [0.2, 0.25) is 0 Å². The van der Waals surface area contributed by atoms with Gasteiger partial charge in [0.15, 0.2) is 6.10 Å². The Labute approximate surface area is 85.8 Å². The number of rotatable bonds is 4. The quantitative estimate of drug-likeness (QED) is 0.652. The Morgan fingerprint density at radius 1 is 1.36 bits per heavy atom. The number of hydrogen-bond acceptors (Lipinski definition) is 3. The maximum absolute atomic E-state index is 11.0. The zero-order valence-electron chi connectivity index (χ0n) is 9.12. The van der Waals surface area contributed by atoms with Crippen molar-refractivity contribution in [1.29, 1.82) is 0 Å². The normalized spacial score (nSPS) is 20.4. The number of hydrogen-bond donors (Lipinski definition) is 0. The maximum atomic E-state index is 11.0. The third-order valence-corrected chi connectivity index (χ3v) is 2.84. The van der Waals surface area contributed by atoms with Gasteiger partial charge in [-0.3, -0.25) is 0 Å². The molecular weight excluding hydrogens is 180 g/mol. The maximum Gasteiger partial charge on any atom is 0.334 e. The summed E-state index contributed by atoms with van der Waals surface area (Å²) >= 11 is 0. The molecule has 3 heteroatoms. The Bertz CT molecular complexity index is 173. The zero-order chi connectivity index (χ0) is 10.4. The summed E-state index contributed by atoms with van der Waals surface area (Å²) < 4.78 is 10.0. The number of methoxy groups -OCH3 is 1. The molecule has 14 heavy (non-hydrogen) atoms. The molecule has 0 radical (unpaired) electrons. The molecular formula is C11H20O3. The Kier molecular flexibility index (Phi) is 4.94. The number of carbonyl (C=O) groups excluding carboxylic acids is 1. The van der Waals surface area contributed by atoms with Crippen LogP contribution < -0.4 is 0 Å². The Hall–Kier alpha value is -0.570. The largest absolute Gasteiger partial charge is 0.467 e. The molecule has 0 N–H and O–H groups in total. The molecule has 1 saturated carbocycles. The SMILES string of the molecule is COC(=O)[C@@H](C)OCC1CCCCC1. The van der Waals surface area contributed by atoms with Crippen LogP contribution in [0.5, 0.6) is 0 Å². The van der Waals surface area contributed by atoms with Gasteiger partial charge in [0.05, 0.1) is 13.7 Å². The number of esters is 1. The second-order valence-corrected chi connectivity index (χ2v) is 4.00. The van der Waals surface area contributed by atoms with Gasteiger partial charge in [-0.2, -0.15) is 0 Å². The van der Waals surface area contributed by atoms with Crippen LogP contribution in [0.1, 0.15) is 39.0 Å². The fourth-order valence-corrected chi connectivity index (χ4v) is 1.87. The van der Waals surface area contributed by atoms with Crippen LogP contribution in [0.3, 0.4) is 0 Å². The van der Waals surface area contributed by atoms with Gasteiger partial charge < -0.3 is 9.47 Å². The lowest BCUT2D eigenvalue weighted by Crippen LogP contribution is -2.25. The molecule has 0 aromatic heterocycles. The van der Waals surface area contributed by atoms with Crippen molar-refractivity contribution in [3.63, 3.8) is 0 Å². The van der Waals surface area contributed by atoms with E-state index >= 15 is 0 Å². The highest BCUT2D eigenvalue weighted by atomic mass is 16.6. The molecule has 1 fully saturated rings. The van der Waals surface area contributed by atoms with Crippen LogP contribution in [-0.2, 0) is 14.3 Å². The first kappa shape index (κ1) is 11.5. The van der Waals surface area contributed by atoms with Gasteiger partial charge >= 0.3 is 5.97 Å². The van der Waals surface area contributed by atoms with E-state index in [1.807, 2.05) is 0 Å². The van der Waals surface area contributed by atoms with Crippen LogP contribution in [0, 0.1) is 5.92 Å². The van der Waals surface area contributed by atoms with Crippen LogP contribution in [0.2, 0.25) is 0 Å². The average Bonchev–Trinajstić information content (AvgIpc) is 2.26. The molecule has 0 aromatic rings. The van der Waals surface area contributed by atoms with Gasteiger partial charge in [0.25, 0.3) is 0 Å². The molecule has 0 bridgehead atoms. The van der Waals surface area contributed by atoms with E-state index in [1.54, 1.807) is 6.92 Å². The Balaban J connectivity index is 2.15. The van der Waals surface area contributed by atoms with E-state index in [0.29, 0.717) is 12.5 Å². The highest BCUT2D eigenvalue weighted by molar-refractivity contribution is 5.73. The fraction of sp³-hybridized carbons (Fsp3) is 0.909. The fourth-order valence-electron chi connectivity index (χ4n) is 1.87. The first-order valence-electron chi connectivity index (χ1n) is 5.43. The van der Waals surface area contributed by atoms with Gasteiger partial charge in [-0.05, 0) is 25.7 Å². The minimum atomic E-state index is -0.415. The van der Waals surface area contributed by atoms with Crippen molar-refractivity contribution in [2.45, 2.75) is 45.1 Å². The summed E-state index contributed by atoms with van der Waals surface area (Å²) in [5.74, 6) is 0.372. The lowest BCUT2D eigenvalue weighted by molar-refractivity contribution is -0.153. The lowest BCUT2D eigenvalue weighted by atomic mass is 9.90. The van der Waals surface area contributed by atoms with E-state index in [2.05, 4.69) is 4.74 Å². The van der Waals surface area contributed by atoms with Crippen LogP contribution >= 0.6 is 0 Å². The molecule has 3 nitrogen and oxygen atoms in total. The van der Waals surface area contributed by atoms with E-state index in [0.717, 1.165) is 0 Å². The number of carbonyl (C=O) groups is 1. The molecule has 1 atom stereocenters. The molecule has 1 rings (SSSR count). The molecule has 0 unspecified atom stereocenters. The first-order chi connectivity index (χ1) is 6.74. The van der Waals surface area contributed by atoms with Crippen molar-refractivity contribution < 1.29 is 14.3 Å². The Morgan fingerprint density at radius 3 is 2.57 bits per heavy atom. The highest BCUT2D eigenvalue weighted by Gasteiger charge is 2.18. The molecule has 0 amide bonds. The monoisotopic (exact) mass is 200 g/mol. The van der Waals surface area contributed by atoms with E-state index in [1.165, 1.54) is 39.2 Å². The van der Waals surface area contributed by atoms with Crippen LogP contribution in [0.25, 0.3) is 0 Å². The van der Waals surface area contributed by atoms with Gasteiger partial charge in [0.1, 0.15) is 0 Å². The van der Waals surface area contributed by atoms with Gasteiger partial charge in [-0.1, -0.05) is 19.3 Å². The van der Waals surface area contributed by atoms with Crippen molar-refractivity contribution in [1.82, 2.24) is 0 Å². The summed E-state index contributed by atoms with van der Waals surface area (Å²) in [5, 5.41) is 0. The molecule has 0 saturated heterocycles. The van der Waals surface area contributed by atoms with E-state index < -0.39 is 6.10 Å². The summed E-state index contributed by atoms with van der Waals surface area (Å²) in [5.41, 5.74) is 0. The van der Waals surface area contributed by atoms with Gasteiger partial charge in [0, 0.05) is 0 Å². The molecule has 1 aliphatic rings. The molecule has 1 aliphatic carbocycles. The zero-order valence-corrected chi connectivity index (χ0v) is 9.12. The highest BCUT2D eigenvalue weighted by Crippen LogP contribution is 2.23. The molecule has 0 aromatic carbocycles. The van der Waals surface area contributed by atoms with Crippen LogP contribution in [0.15, 0.2) is 0 Å². The number of ether oxygens (including phenoxy) is 2. The third kappa shape index (κ3) is 3.66. The van der Waals surface area contributed by atoms with Gasteiger partial charge in [-0.25, -0.2) is 4.79 Å². The Morgan fingerprint density at radius 2 is 2.00 bits per heavy atom. The lowest BCUT2D eigenvalue weighted by Gasteiger charge is -2.22. The summed E-state index contributed by atoms with van der Waals surface area (Å²) in [7, 11) is 1.39. The molecule has 0 aliphatic heterocycles. The smallest absolute Gasteiger partial charge is 0.334 e. The van der Waals surface area contributed by atoms with Crippen LogP contribution in [-0.4, -0.2) is 25.8 Å². The van der Waals surface area contributed by atoms with Crippen molar-refractivity contribution >= 4 is 5.97 Å². The van der Waals surface area contributed by atoms with E-state index in [4.69, 9.17) is 4.74 Å². The van der Waals surface area contributed by atoms with Crippen LogP contribution in [0.4, 0.5) is 0 Å². The van der Waals surface area contributed by atoms with Crippen molar-refractivity contribution in [3.8, 4) is 0 Å².